The minimum Gasteiger partial charge on any atom is -0.472 e. The van der Waals surface area contributed by atoms with Crippen LogP contribution in [0.5, 0.6) is 0 Å². The molecule has 0 radical (unpaired) electrons. The van der Waals surface area contributed by atoms with Crippen LogP contribution >= 0.6 is 0 Å². The molecule has 0 saturated heterocycles. The molecule has 0 spiro atoms. The fourth-order valence-electron chi connectivity index (χ4n) is 3.49. The van der Waals surface area contributed by atoms with Crippen LogP contribution in [-0.2, 0) is 13.1 Å². The van der Waals surface area contributed by atoms with Crippen molar-refractivity contribution in [3.05, 3.63) is 83.8 Å². The zero-order valence-corrected chi connectivity index (χ0v) is 12.9. The summed E-state index contributed by atoms with van der Waals surface area (Å²) in [4.78, 5) is 2.40. The third-order valence-electron chi connectivity index (χ3n) is 4.48. The standard InChI is InChI=1S/C19H19FN2O/c20-17-5-1-4-16(12-17)19-18-6-2-8-21(18)9-3-10-22(19)13-15-7-11-23-14-15/h1-2,4-8,11-12,14,19H,3,9-10,13H2. The molecule has 3 aromatic rings. The second kappa shape index (κ2) is 6.05. The molecule has 118 valence electrons. The molecule has 0 saturated carbocycles. The first-order chi connectivity index (χ1) is 11.3. The molecule has 2 aromatic heterocycles. The normalized spacial score (nSPS) is 18.6. The lowest BCUT2D eigenvalue weighted by Gasteiger charge is -2.30. The van der Waals surface area contributed by atoms with Crippen LogP contribution in [0.4, 0.5) is 4.39 Å². The van der Waals surface area contributed by atoms with Gasteiger partial charge < -0.3 is 8.98 Å². The van der Waals surface area contributed by atoms with Crippen LogP contribution in [0.1, 0.15) is 29.3 Å². The molecule has 3 heterocycles. The van der Waals surface area contributed by atoms with Crippen LogP contribution < -0.4 is 0 Å². The molecular formula is C19H19FN2O. The SMILES string of the molecule is Fc1cccc(C2c3cccn3CCCN2Cc2ccoc2)c1. The highest BCUT2D eigenvalue weighted by Crippen LogP contribution is 2.33. The molecule has 4 rings (SSSR count). The Kier molecular flexibility index (Phi) is 3.75. The smallest absolute Gasteiger partial charge is 0.123 e. The van der Waals surface area contributed by atoms with Crippen molar-refractivity contribution in [2.24, 2.45) is 0 Å². The number of fused-ring (bicyclic) bond motifs is 1. The lowest BCUT2D eigenvalue weighted by Crippen LogP contribution is -2.29. The van der Waals surface area contributed by atoms with Crippen molar-refractivity contribution in [1.82, 2.24) is 9.47 Å². The van der Waals surface area contributed by atoms with Crippen molar-refractivity contribution in [3.8, 4) is 0 Å². The Balaban J connectivity index is 1.77. The summed E-state index contributed by atoms with van der Waals surface area (Å²) in [6.45, 7) is 2.76. The lowest BCUT2D eigenvalue weighted by molar-refractivity contribution is 0.219. The molecule has 3 nitrogen and oxygen atoms in total. The molecule has 1 aromatic carbocycles. The van der Waals surface area contributed by atoms with Gasteiger partial charge >= 0.3 is 0 Å². The van der Waals surface area contributed by atoms with Crippen molar-refractivity contribution in [3.63, 3.8) is 0 Å². The maximum Gasteiger partial charge on any atom is 0.123 e. The molecular weight excluding hydrogens is 291 g/mol. The zero-order chi connectivity index (χ0) is 15.6. The summed E-state index contributed by atoms with van der Waals surface area (Å²) in [7, 11) is 0. The van der Waals surface area contributed by atoms with E-state index in [0.29, 0.717) is 0 Å². The number of furan rings is 1. The zero-order valence-electron chi connectivity index (χ0n) is 12.9. The van der Waals surface area contributed by atoms with E-state index >= 15 is 0 Å². The van der Waals surface area contributed by atoms with Crippen LogP contribution in [0.2, 0.25) is 0 Å². The van der Waals surface area contributed by atoms with Crippen LogP contribution in [0, 0.1) is 5.82 Å². The highest BCUT2D eigenvalue weighted by molar-refractivity contribution is 5.30. The third kappa shape index (κ3) is 2.82. The number of rotatable bonds is 3. The van der Waals surface area contributed by atoms with E-state index in [-0.39, 0.29) is 11.9 Å². The maximum absolute atomic E-state index is 13.8. The van der Waals surface area contributed by atoms with Gasteiger partial charge in [0.25, 0.3) is 0 Å². The van der Waals surface area contributed by atoms with E-state index in [9.17, 15) is 4.39 Å². The molecule has 23 heavy (non-hydrogen) atoms. The largest absolute Gasteiger partial charge is 0.472 e. The summed E-state index contributed by atoms with van der Waals surface area (Å²) >= 11 is 0. The molecule has 0 aliphatic carbocycles. The maximum atomic E-state index is 13.8. The second-order valence-corrected chi connectivity index (χ2v) is 6.04. The third-order valence-corrected chi connectivity index (χ3v) is 4.48. The van der Waals surface area contributed by atoms with Gasteiger partial charge in [-0.3, -0.25) is 4.90 Å². The molecule has 0 amide bonds. The predicted molar refractivity (Wildman–Crippen MR) is 86.4 cm³/mol. The van der Waals surface area contributed by atoms with E-state index in [0.717, 1.165) is 37.2 Å². The highest BCUT2D eigenvalue weighted by Gasteiger charge is 2.27. The van der Waals surface area contributed by atoms with E-state index < -0.39 is 0 Å². The van der Waals surface area contributed by atoms with Crippen molar-refractivity contribution in [1.29, 1.82) is 0 Å². The summed E-state index contributed by atoms with van der Waals surface area (Å²) in [5.41, 5.74) is 3.36. The van der Waals surface area contributed by atoms with Crippen LogP contribution in [0.3, 0.4) is 0 Å². The fourth-order valence-corrected chi connectivity index (χ4v) is 3.49. The molecule has 0 fully saturated rings. The van der Waals surface area contributed by atoms with E-state index in [4.69, 9.17) is 4.42 Å². The van der Waals surface area contributed by atoms with Crippen molar-refractivity contribution in [2.75, 3.05) is 6.54 Å². The van der Waals surface area contributed by atoms with Crippen molar-refractivity contribution in [2.45, 2.75) is 25.6 Å². The van der Waals surface area contributed by atoms with E-state index in [2.05, 4.69) is 27.8 Å². The summed E-state index contributed by atoms with van der Waals surface area (Å²) in [5.74, 6) is -0.187. The Hall–Kier alpha value is -2.33. The van der Waals surface area contributed by atoms with Crippen LogP contribution in [0.15, 0.2) is 65.6 Å². The van der Waals surface area contributed by atoms with Gasteiger partial charge in [0.05, 0.1) is 18.6 Å². The molecule has 4 heteroatoms. The predicted octanol–water partition coefficient (Wildman–Crippen LogP) is 4.22. The highest BCUT2D eigenvalue weighted by atomic mass is 19.1. The fraction of sp³-hybridized carbons (Fsp3) is 0.263. The van der Waals surface area contributed by atoms with Crippen molar-refractivity contribution >= 4 is 0 Å². The average Bonchev–Trinajstić information content (AvgIpc) is 3.17. The van der Waals surface area contributed by atoms with Gasteiger partial charge in [-0.2, -0.15) is 0 Å². The van der Waals surface area contributed by atoms with Gasteiger partial charge in [0.15, 0.2) is 0 Å². The van der Waals surface area contributed by atoms with Crippen LogP contribution in [0.25, 0.3) is 0 Å². The topological polar surface area (TPSA) is 21.3 Å². The van der Waals surface area contributed by atoms with Gasteiger partial charge in [-0.05, 0) is 42.3 Å². The van der Waals surface area contributed by atoms with Gasteiger partial charge in [0, 0.05) is 37.1 Å². The first-order valence-electron chi connectivity index (χ1n) is 7.97. The van der Waals surface area contributed by atoms with E-state index in [1.165, 1.54) is 11.8 Å². The Morgan fingerprint density at radius 3 is 2.91 bits per heavy atom. The molecule has 1 aliphatic heterocycles. The lowest BCUT2D eigenvalue weighted by atomic mass is 10.0. The summed E-state index contributed by atoms with van der Waals surface area (Å²) in [6, 6.07) is 13.2. The van der Waals surface area contributed by atoms with E-state index in [1.807, 2.05) is 12.1 Å². The summed E-state index contributed by atoms with van der Waals surface area (Å²) in [5, 5.41) is 0. The van der Waals surface area contributed by atoms with Gasteiger partial charge in [-0.25, -0.2) is 4.39 Å². The molecule has 1 aliphatic rings. The number of halogens is 1. The van der Waals surface area contributed by atoms with E-state index in [1.54, 1.807) is 24.7 Å². The quantitative estimate of drug-likeness (QED) is 0.722. The van der Waals surface area contributed by atoms with Crippen LogP contribution in [-0.4, -0.2) is 16.0 Å². The Morgan fingerprint density at radius 2 is 2.09 bits per heavy atom. The molecule has 0 N–H and O–H groups in total. The number of benzene rings is 1. The minimum atomic E-state index is -0.187. The first-order valence-corrected chi connectivity index (χ1v) is 7.97. The summed E-state index contributed by atoms with van der Waals surface area (Å²) in [6.07, 6.45) is 6.67. The van der Waals surface area contributed by atoms with Gasteiger partial charge in [-0.1, -0.05) is 12.1 Å². The number of nitrogens with zero attached hydrogens (tertiary/aromatic N) is 2. The summed E-state index contributed by atoms with van der Waals surface area (Å²) < 4.78 is 21.3. The average molecular weight is 310 g/mol. The van der Waals surface area contributed by atoms with Gasteiger partial charge in [0.2, 0.25) is 0 Å². The van der Waals surface area contributed by atoms with Gasteiger partial charge in [0.1, 0.15) is 5.82 Å². The number of aromatic nitrogens is 1. The second-order valence-electron chi connectivity index (χ2n) is 6.04. The monoisotopic (exact) mass is 310 g/mol. The Labute approximate surface area is 135 Å². The number of aryl methyl sites for hydroxylation is 1. The Morgan fingerprint density at radius 1 is 1.13 bits per heavy atom. The van der Waals surface area contributed by atoms with Crippen molar-refractivity contribution < 1.29 is 8.81 Å². The molecule has 1 unspecified atom stereocenters. The Bertz CT molecular complexity index is 778. The van der Waals surface area contributed by atoms with Gasteiger partial charge in [-0.15, -0.1) is 0 Å². The molecule has 0 bridgehead atoms. The number of hydrogen-bond acceptors (Lipinski definition) is 2. The minimum absolute atomic E-state index is 0.0538. The first kappa shape index (κ1) is 14.3. The molecule has 1 atom stereocenters. The number of hydrogen-bond donors (Lipinski definition) is 0.